The zero-order valence-corrected chi connectivity index (χ0v) is 12.6. The third-order valence-electron chi connectivity index (χ3n) is 2.65. The van der Waals surface area contributed by atoms with Crippen LogP contribution in [0.1, 0.15) is 5.56 Å². The van der Waals surface area contributed by atoms with Crippen LogP contribution in [0.4, 0.5) is 18.9 Å². The quantitative estimate of drug-likeness (QED) is 0.359. The highest BCUT2D eigenvalue weighted by Gasteiger charge is 2.30. The van der Waals surface area contributed by atoms with Gasteiger partial charge in [0.05, 0.1) is 6.57 Å². The zero-order valence-electron chi connectivity index (χ0n) is 12.6. The molecular weight excluding hydrogens is 309 g/mol. The fourth-order valence-electron chi connectivity index (χ4n) is 1.51. The lowest BCUT2D eigenvalue weighted by Gasteiger charge is -2.11. The molecule has 1 aromatic carbocycles. The average Bonchev–Trinajstić information content (AvgIpc) is 2.49. The molecule has 7 heteroatoms. The number of carbonyl (C=O) groups excluding carboxylic acids is 1. The van der Waals surface area contributed by atoms with E-state index in [1.54, 1.807) is 6.08 Å². The first-order chi connectivity index (χ1) is 10.7. The normalized spacial score (nSPS) is 12.1. The highest BCUT2D eigenvalue weighted by atomic mass is 19.4. The molecule has 0 fully saturated rings. The lowest BCUT2D eigenvalue weighted by molar-refractivity contribution is -0.183. The van der Waals surface area contributed by atoms with Gasteiger partial charge >= 0.3 is 12.1 Å². The molecule has 0 bridgehead atoms. The SMILES string of the molecule is [C-]#[N+]C(=CC=Cc1ccc(N(C)C)cc1)C(=O)OCC(F)(F)F. The van der Waals surface area contributed by atoms with E-state index in [2.05, 4.69) is 9.58 Å². The molecule has 0 saturated carbocycles. The number of allylic oxidation sites excluding steroid dienone is 2. The van der Waals surface area contributed by atoms with E-state index in [0.29, 0.717) is 0 Å². The minimum absolute atomic E-state index is 0.518. The molecule has 0 spiro atoms. The molecule has 122 valence electrons. The first-order valence-corrected chi connectivity index (χ1v) is 6.50. The number of alkyl halides is 3. The van der Waals surface area contributed by atoms with E-state index >= 15 is 0 Å². The molecule has 0 saturated heterocycles. The van der Waals surface area contributed by atoms with Gasteiger partial charge in [-0.3, -0.25) is 4.79 Å². The van der Waals surface area contributed by atoms with Gasteiger partial charge in [-0.25, -0.2) is 4.85 Å². The minimum atomic E-state index is -4.62. The van der Waals surface area contributed by atoms with Gasteiger partial charge in [-0.05, 0) is 23.8 Å². The Labute approximate surface area is 132 Å². The Kier molecular flexibility index (Phi) is 6.39. The number of halogens is 3. The number of nitrogens with zero attached hydrogens (tertiary/aromatic N) is 2. The van der Waals surface area contributed by atoms with Crippen LogP contribution in [-0.2, 0) is 9.53 Å². The van der Waals surface area contributed by atoms with Crippen molar-refractivity contribution in [1.82, 2.24) is 0 Å². The van der Waals surface area contributed by atoms with E-state index in [-0.39, 0.29) is 0 Å². The summed E-state index contributed by atoms with van der Waals surface area (Å²) in [6, 6.07) is 7.44. The summed E-state index contributed by atoms with van der Waals surface area (Å²) in [4.78, 5) is 16.1. The summed E-state index contributed by atoms with van der Waals surface area (Å²) in [7, 11) is 3.81. The van der Waals surface area contributed by atoms with Crippen molar-refractivity contribution >= 4 is 17.7 Å². The fourth-order valence-corrected chi connectivity index (χ4v) is 1.51. The predicted octanol–water partition coefficient (Wildman–Crippen LogP) is 3.67. The number of esters is 1. The third-order valence-corrected chi connectivity index (χ3v) is 2.65. The van der Waals surface area contributed by atoms with Gasteiger partial charge < -0.3 is 9.64 Å². The molecule has 0 aliphatic heterocycles. The smallest absolute Gasteiger partial charge is 0.422 e. The van der Waals surface area contributed by atoms with Gasteiger partial charge in [-0.2, -0.15) is 13.2 Å². The molecule has 0 unspecified atom stereocenters. The van der Waals surface area contributed by atoms with Crippen LogP contribution < -0.4 is 4.90 Å². The van der Waals surface area contributed by atoms with Gasteiger partial charge in [0.25, 0.3) is 5.70 Å². The van der Waals surface area contributed by atoms with Crippen LogP contribution in [-0.4, -0.2) is 32.8 Å². The Morgan fingerprint density at radius 1 is 1.30 bits per heavy atom. The van der Waals surface area contributed by atoms with Crippen LogP contribution in [0, 0.1) is 6.57 Å². The maximum atomic E-state index is 12.0. The first kappa shape index (κ1) is 18.3. The maximum Gasteiger partial charge on any atom is 0.422 e. The second-order valence-electron chi connectivity index (χ2n) is 4.70. The molecule has 0 aliphatic rings. The standard InChI is InChI=1S/C16H15F3N2O2/c1-20-14(15(22)23-11-16(17,18)19)6-4-5-12-7-9-13(10-8-12)21(2)3/h4-10H,11H2,2-3H3. The van der Waals surface area contributed by atoms with Gasteiger partial charge in [0, 0.05) is 19.8 Å². The largest absolute Gasteiger partial charge is 0.461 e. The lowest BCUT2D eigenvalue weighted by atomic mass is 10.2. The summed E-state index contributed by atoms with van der Waals surface area (Å²) in [6.45, 7) is 5.10. The maximum absolute atomic E-state index is 12.0. The molecule has 0 amide bonds. The Hall–Kier alpha value is -2.75. The van der Waals surface area contributed by atoms with Crippen molar-refractivity contribution in [2.75, 3.05) is 25.6 Å². The molecule has 4 nitrogen and oxygen atoms in total. The Balaban J connectivity index is 2.72. The fraction of sp³-hybridized carbons (Fsp3) is 0.250. The zero-order chi connectivity index (χ0) is 17.5. The van der Waals surface area contributed by atoms with Crippen LogP contribution in [0.15, 0.2) is 42.1 Å². The minimum Gasteiger partial charge on any atom is -0.461 e. The van der Waals surface area contributed by atoms with E-state index < -0.39 is 24.4 Å². The van der Waals surface area contributed by atoms with Gasteiger partial charge in [0.15, 0.2) is 6.61 Å². The number of rotatable bonds is 5. The van der Waals surface area contributed by atoms with Crippen LogP contribution in [0.25, 0.3) is 10.9 Å². The van der Waals surface area contributed by atoms with Gasteiger partial charge in [-0.1, -0.05) is 24.3 Å². The monoisotopic (exact) mass is 324 g/mol. The molecule has 1 aromatic rings. The van der Waals surface area contributed by atoms with E-state index in [4.69, 9.17) is 6.57 Å². The van der Waals surface area contributed by atoms with Crippen LogP contribution in [0.5, 0.6) is 0 Å². The molecular formula is C16H15F3N2O2. The van der Waals surface area contributed by atoms with Crippen molar-refractivity contribution in [1.29, 1.82) is 0 Å². The molecule has 0 aliphatic carbocycles. The van der Waals surface area contributed by atoms with E-state index in [1.165, 1.54) is 6.08 Å². The lowest BCUT2D eigenvalue weighted by Crippen LogP contribution is -2.20. The summed E-state index contributed by atoms with van der Waals surface area (Å²) in [5.74, 6) is -1.30. The summed E-state index contributed by atoms with van der Waals surface area (Å²) in [5.41, 5.74) is 1.31. The second kappa shape index (κ2) is 8.03. The Morgan fingerprint density at radius 2 is 1.91 bits per heavy atom. The number of ether oxygens (including phenoxy) is 1. The Bertz CT molecular complexity index is 639. The van der Waals surface area contributed by atoms with E-state index in [0.717, 1.165) is 17.3 Å². The highest BCUT2D eigenvalue weighted by molar-refractivity contribution is 5.90. The number of carbonyl (C=O) groups is 1. The molecule has 0 aromatic heterocycles. The van der Waals surface area contributed by atoms with Crippen LogP contribution in [0.2, 0.25) is 0 Å². The summed E-state index contributed by atoms with van der Waals surface area (Å²) in [6.07, 6.45) is -0.465. The Morgan fingerprint density at radius 3 is 2.39 bits per heavy atom. The summed E-state index contributed by atoms with van der Waals surface area (Å²) in [5, 5.41) is 0. The molecule has 0 atom stereocenters. The third kappa shape index (κ3) is 6.70. The number of hydrogen-bond acceptors (Lipinski definition) is 3. The summed E-state index contributed by atoms with van der Waals surface area (Å²) >= 11 is 0. The second-order valence-corrected chi connectivity index (χ2v) is 4.70. The van der Waals surface area contributed by atoms with Crippen molar-refractivity contribution < 1.29 is 22.7 Å². The summed E-state index contributed by atoms with van der Waals surface area (Å²) < 4.78 is 39.9. The molecule has 23 heavy (non-hydrogen) atoms. The van der Waals surface area contributed by atoms with E-state index in [9.17, 15) is 18.0 Å². The van der Waals surface area contributed by atoms with Crippen molar-refractivity contribution in [3.8, 4) is 0 Å². The van der Waals surface area contributed by atoms with E-state index in [1.807, 2.05) is 43.3 Å². The van der Waals surface area contributed by atoms with Crippen molar-refractivity contribution in [2.24, 2.45) is 0 Å². The predicted molar refractivity (Wildman–Crippen MR) is 81.5 cm³/mol. The van der Waals surface area contributed by atoms with Crippen molar-refractivity contribution in [3.05, 3.63) is 59.1 Å². The average molecular weight is 324 g/mol. The van der Waals surface area contributed by atoms with Crippen LogP contribution >= 0.6 is 0 Å². The van der Waals surface area contributed by atoms with Crippen molar-refractivity contribution in [3.63, 3.8) is 0 Å². The number of benzene rings is 1. The number of anilines is 1. The molecule has 1 rings (SSSR count). The number of hydrogen-bond donors (Lipinski definition) is 0. The first-order valence-electron chi connectivity index (χ1n) is 6.50. The van der Waals surface area contributed by atoms with Gasteiger partial charge in [0.1, 0.15) is 0 Å². The van der Waals surface area contributed by atoms with Crippen molar-refractivity contribution in [2.45, 2.75) is 6.18 Å². The molecule has 0 N–H and O–H groups in total. The van der Waals surface area contributed by atoms with Gasteiger partial charge in [-0.15, -0.1) is 0 Å². The molecule has 0 heterocycles. The highest BCUT2D eigenvalue weighted by Crippen LogP contribution is 2.16. The van der Waals surface area contributed by atoms with Gasteiger partial charge in [0.2, 0.25) is 0 Å². The van der Waals surface area contributed by atoms with Crippen LogP contribution in [0.3, 0.4) is 0 Å². The topological polar surface area (TPSA) is 33.9 Å². The molecule has 0 radical (unpaired) electrons.